The van der Waals surface area contributed by atoms with Gasteiger partial charge in [-0.15, -0.1) is 0 Å². The number of benzene rings is 1. The molecule has 0 heterocycles. The summed E-state index contributed by atoms with van der Waals surface area (Å²) in [6.07, 6.45) is 0.136. The van der Waals surface area contributed by atoms with Gasteiger partial charge in [0.2, 0.25) is 5.91 Å². The standard InChI is InChI=1S/C28H37N3O8/c1-11(2)12(3)30-10-14-9-17(32)19-15(24(14)39-6)7-13-8-16-21(31(4)5)23(34)20(27(29)37)26(36)28(16,38)25(35)18(13)22(19)33/h9,11-13,16,18,20-21,30,32,38H,7-8,10H2,1-6H3,(H2,29,37)/t12-,13+,16+,18?,20?,21+,28+/m1/s1. The van der Waals surface area contributed by atoms with Crippen molar-refractivity contribution in [3.8, 4) is 11.5 Å². The molecule has 1 amide bonds. The van der Waals surface area contributed by atoms with Gasteiger partial charge in [0.15, 0.2) is 34.7 Å². The molecule has 3 aliphatic rings. The Balaban J connectivity index is 1.81. The molecule has 11 nitrogen and oxygen atoms in total. The highest BCUT2D eigenvalue weighted by molar-refractivity contribution is 6.32. The fourth-order valence-electron chi connectivity index (χ4n) is 6.61. The Morgan fingerprint density at radius 1 is 1.21 bits per heavy atom. The van der Waals surface area contributed by atoms with Crippen molar-refractivity contribution in [3.63, 3.8) is 0 Å². The molecular formula is C28H37N3O8. The van der Waals surface area contributed by atoms with Crippen LogP contribution in [0.1, 0.15) is 48.7 Å². The number of aliphatic hydroxyl groups is 1. The Morgan fingerprint density at radius 2 is 1.85 bits per heavy atom. The summed E-state index contributed by atoms with van der Waals surface area (Å²) in [5, 5.41) is 26.0. The third-order valence-corrected chi connectivity index (χ3v) is 8.91. The lowest BCUT2D eigenvalue weighted by molar-refractivity contribution is -0.181. The Kier molecular flexibility index (Phi) is 7.48. The SMILES string of the molecule is COc1c(CN[C@H](C)C(C)C)cc(O)c2c1C[C@H]1C[C@H]3[C@H](N(C)C)C(=O)C(C(N)=O)C(=O)[C@@]3(O)C(=O)C1C2=O. The molecule has 0 bridgehead atoms. The summed E-state index contributed by atoms with van der Waals surface area (Å²) in [5.41, 5.74) is 3.61. The number of likely N-dealkylation sites (N-methyl/N-ethyl adjacent to an activating group) is 1. The molecule has 1 aromatic carbocycles. The number of carbonyl (C=O) groups excluding carboxylic acids is 5. The molecule has 4 rings (SSSR count). The molecule has 3 aliphatic carbocycles. The molecule has 11 heteroatoms. The molecule has 39 heavy (non-hydrogen) atoms. The summed E-state index contributed by atoms with van der Waals surface area (Å²) in [5.74, 6) is -9.94. The second-order valence-corrected chi connectivity index (χ2v) is 11.6. The third-order valence-electron chi connectivity index (χ3n) is 8.91. The van der Waals surface area contributed by atoms with Crippen LogP contribution in [-0.4, -0.2) is 83.0 Å². The maximum absolute atomic E-state index is 13.9. The summed E-state index contributed by atoms with van der Waals surface area (Å²) in [7, 11) is 4.56. The van der Waals surface area contributed by atoms with Crippen LogP contribution in [0.15, 0.2) is 6.07 Å². The summed E-state index contributed by atoms with van der Waals surface area (Å²) in [6.45, 7) is 6.56. The van der Waals surface area contributed by atoms with E-state index < -0.39 is 64.4 Å². The minimum atomic E-state index is -2.74. The van der Waals surface area contributed by atoms with E-state index in [1.54, 1.807) is 14.1 Å². The number of ketones is 4. The average Bonchev–Trinajstić information content (AvgIpc) is 2.84. The number of hydrogen-bond donors (Lipinski definition) is 4. The second kappa shape index (κ2) is 10.1. The van der Waals surface area contributed by atoms with Gasteiger partial charge in [0, 0.05) is 29.6 Å². The number of ether oxygens (including phenoxy) is 1. The number of amides is 1. The number of methoxy groups -OCH3 is 1. The van der Waals surface area contributed by atoms with Crippen LogP contribution < -0.4 is 15.8 Å². The van der Waals surface area contributed by atoms with Crippen molar-refractivity contribution in [2.24, 2.45) is 35.3 Å². The van der Waals surface area contributed by atoms with Gasteiger partial charge in [-0.2, -0.15) is 0 Å². The van der Waals surface area contributed by atoms with Crippen molar-refractivity contribution in [3.05, 3.63) is 22.8 Å². The molecule has 2 saturated carbocycles. The zero-order valence-electron chi connectivity index (χ0n) is 23.1. The van der Waals surface area contributed by atoms with Crippen LogP contribution in [0.2, 0.25) is 0 Å². The minimum absolute atomic E-state index is 0.0132. The van der Waals surface area contributed by atoms with Crippen LogP contribution in [0.3, 0.4) is 0 Å². The van der Waals surface area contributed by atoms with E-state index in [0.717, 1.165) is 0 Å². The van der Waals surface area contributed by atoms with E-state index in [-0.39, 0.29) is 30.2 Å². The molecular weight excluding hydrogens is 506 g/mol. The highest BCUT2D eigenvalue weighted by Crippen LogP contribution is 2.52. The van der Waals surface area contributed by atoms with E-state index in [0.29, 0.717) is 29.3 Å². The lowest BCUT2D eigenvalue weighted by Crippen LogP contribution is -2.74. The van der Waals surface area contributed by atoms with E-state index in [1.807, 2.05) is 6.92 Å². The summed E-state index contributed by atoms with van der Waals surface area (Å²) >= 11 is 0. The number of primary amides is 1. The van der Waals surface area contributed by atoms with Crippen LogP contribution in [0.25, 0.3) is 0 Å². The summed E-state index contributed by atoms with van der Waals surface area (Å²) in [4.78, 5) is 67.7. The van der Waals surface area contributed by atoms with E-state index >= 15 is 0 Å². The van der Waals surface area contributed by atoms with E-state index in [2.05, 4.69) is 19.2 Å². The van der Waals surface area contributed by atoms with Crippen LogP contribution >= 0.6 is 0 Å². The first kappa shape index (κ1) is 28.8. The number of phenols is 1. The van der Waals surface area contributed by atoms with Crippen LogP contribution in [0.5, 0.6) is 11.5 Å². The fourth-order valence-corrected chi connectivity index (χ4v) is 6.61. The third kappa shape index (κ3) is 4.27. The summed E-state index contributed by atoms with van der Waals surface area (Å²) < 4.78 is 5.70. The Hall–Kier alpha value is -3.15. The Morgan fingerprint density at radius 3 is 2.38 bits per heavy atom. The zero-order chi connectivity index (χ0) is 29.1. The van der Waals surface area contributed by atoms with Gasteiger partial charge >= 0.3 is 0 Å². The predicted molar refractivity (Wildman–Crippen MR) is 139 cm³/mol. The molecule has 7 atom stereocenters. The van der Waals surface area contributed by atoms with Gasteiger partial charge in [0.05, 0.1) is 24.6 Å². The van der Waals surface area contributed by atoms with Crippen molar-refractivity contribution >= 4 is 29.0 Å². The number of nitrogens with zero attached hydrogens (tertiary/aromatic N) is 1. The number of Topliss-reactive ketones (excluding diaryl/α,β-unsaturated/α-hetero) is 4. The molecule has 212 valence electrons. The highest BCUT2D eigenvalue weighted by atomic mass is 16.5. The monoisotopic (exact) mass is 543 g/mol. The molecule has 2 fully saturated rings. The maximum Gasteiger partial charge on any atom is 0.235 e. The first-order chi connectivity index (χ1) is 18.2. The molecule has 0 aliphatic heterocycles. The number of carbonyl (C=O) groups is 5. The molecule has 5 N–H and O–H groups in total. The predicted octanol–water partition coefficient (Wildman–Crippen LogP) is 0.00970. The fraction of sp³-hybridized carbons (Fsp3) is 0.607. The first-order valence-electron chi connectivity index (χ1n) is 13.2. The lowest BCUT2D eigenvalue weighted by atomic mass is 9.52. The Labute approximate surface area is 227 Å². The number of nitrogens with one attached hydrogen (secondary N) is 1. The van der Waals surface area contributed by atoms with Gasteiger partial charge < -0.3 is 26.0 Å². The van der Waals surface area contributed by atoms with Crippen molar-refractivity contribution in [2.45, 2.75) is 57.8 Å². The lowest BCUT2D eigenvalue weighted by Gasteiger charge is -2.52. The van der Waals surface area contributed by atoms with Gasteiger partial charge in [-0.3, -0.25) is 28.9 Å². The second-order valence-electron chi connectivity index (χ2n) is 11.6. The van der Waals surface area contributed by atoms with Gasteiger partial charge in [-0.1, -0.05) is 13.8 Å². The molecule has 0 radical (unpaired) electrons. The van der Waals surface area contributed by atoms with Gasteiger partial charge in [-0.05, 0) is 51.8 Å². The molecule has 1 aromatic rings. The van der Waals surface area contributed by atoms with Gasteiger partial charge in [-0.25, -0.2) is 0 Å². The van der Waals surface area contributed by atoms with Gasteiger partial charge in [0.1, 0.15) is 11.5 Å². The quantitative estimate of drug-likeness (QED) is 0.343. The Bertz CT molecular complexity index is 1260. The number of fused-ring (bicyclic) bond motifs is 3. The van der Waals surface area contributed by atoms with Crippen molar-refractivity contribution in [2.75, 3.05) is 21.2 Å². The van der Waals surface area contributed by atoms with Crippen LogP contribution in [-0.2, 0) is 32.1 Å². The molecule has 0 saturated heterocycles. The molecule has 2 unspecified atom stereocenters. The van der Waals surface area contributed by atoms with Crippen molar-refractivity contribution in [1.29, 1.82) is 0 Å². The van der Waals surface area contributed by atoms with E-state index in [4.69, 9.17) is 10.5 Å². The van der Waals surface area contributed by atoms with Gasteiger partial charge in [0.25, 0.3) is 0 Å². The van der Waals surface area contributed by atoms with Crippen LogP contribution in [0, 0.1) is 29.6 Å². The average molecular weight is 544 g/mol. The summed E-state index contributed by atoms with van der Waals surface area (Å²) in [6, 6.07) is 0.451. The number of aromatic hydroxyl groups is 1. The topological polar surface area (TPSA) is 176 Å². The first-order valence-corrected chi connectivity index (χ1v) is 13.2. The smallest absolute Gasteiger partial charge is 0.235 e. The van der Waals surface area contributed by atoms with E-state index in [9.17, 15) is 34.2 Å². The highest BCUT2D eigenvalue weighted by Gasteiger charge is 2.69. The van der Waals surface area contributed by atoms with Crippen molar-refractivity contribution < 1.29 is 38.9 Å². The number of rotatable bonds is 7. The van der Waals surface area contributed by atoms with E-state index in [1.165, 1.54) is 18.1 Å². The number of hydrogen-bond acceptors (Lipinski definition) is 10. The largest absolute Gasteiger partial charge is 0.507 e. The zero-order valence-corrected chi connectivity index (χ0v) is 23.1. The maximum atomic E-state index is 13.9. The number of nitrogens with two attached hydrogens (primary N) is 1. The normalized spacial score (nSPS) is 31.2. The van der Waals surface area contributed by atoms with Crippen molar-refractivity contribution in [1.82, 2.24) is 10.2 Å². The number of phenolic OH excluding ortho intramolecular Hbond substituents is 1. The van der Waals surface area contributed by atoms with Crippen LogP contribution in [0.4, 0.5) is 0 Å². The molecule has 0 spiro atoms. The minimum Gasteiger partial charge on any atom is -0.507 e. The molecule has 0 aromatic heterocycles.